The summed E-state index contributed by atoms with van der Waals surface area (Å²) in [6, 6.07) is 8.31. The molecule has 1 aliphatic carbocycles. The van der Waals surface area contributed by atoms with Crippen LogP contribution < -0.4 is 20.4 Å². The molecule has 3 aromatic heterocycles. The van der Waals surface area contributed by atoms with Gasteiger partial charge >= 0.3 is 6.09 Å². The molecule has 2 N–H and O–H groups in total. The molecule has 4 fully saturated rings. The summed E-state index contributed by atoms with van der Waals surface area (Å²) in [5.41, 5.74) is 1.91. The number of ether oxygens (including phenoxy) is 1. The normalized spacial score (nSPS) is 22.1. The van der Waals surface area contributed by atoms with Gasteiger partial charge in [-0.15, -0.1) is 0 Å². The molecule has 5 aliphatic rings. The Morgan fingerprint density at radius 3 is 2.33 bits per heavy atom. The van der Waals surface area contributed by atoms with Crippen molar-refractivity contribution < 1.29 is 33.5 Å². The lowest BCUT2D eigenvalue weighted by Gasteiger charge is -2.39. The fourth-order valence-corrected chi connectivity index (χ4v) is 9.38. The number of nitrogens with zero attached hydrogens (tertiary/aromatic N) is 11. The van der Waals surface area contributed by atoms with E-state index in [-0.39, 0.29) is 47.4 Å². The average molecular weight is 874 g/mol. The first kappa shape index (κ1) is 42.4. The minimum atomic E-state index is -0.995. The topological polar surface area (TPSA) is 224 Å². The first-order valence-corrected chi connectivity index (χ1v) is 21.9. The predicted molar refractivity (Wildman–Crippen MR) is 231 cm³/mol. The fraction of sp³-hybridized carbons (Fsp3) is 0.500. The Morgan fingerprint density at radius 1 is 0.906 bits per heavy atom. The maximum absolute atomic E-state index is 13.7. The molecule has 1 saturated carbocycles. The summed E-state index contributed by atoms with van der Waals surface area (Å²) in [5.74, 6) is -1.35. The standard InChI is InChI=1S/C44H51N13O7/c1-44(2,3)64-43(63)54-20-18-53(19-21-54)36-12-13-55-38(48-36)32(24-46-55)39(59)47-34-26-56(50-33(34)23-45)28-6-4-27(5-7-28)25-51-14-16-52(17-15-51)29-8-9-30-31(22-29)42(62)57(41(30)61)35-10-11-37(58)49-40(35)60/h8-9,12-13,22,24,26-28,35H,4-7,10-11,14-21,25H2,1-3H3,(H,47,59)(H,49,58,60). The highest BCUT2D eigenvalue weighted by Crippen LogP contribution is 2.35. The van der Waals surface area contributed by atoms with E-state index in [1.807, 2.05) is 37.6 Å². The molecule has 0 spiro atoms. The molecular weight excluding hydrogens is 823 g/mol. The van der Waals surface area contributed by atoms with E-state index in [2.05, 4.69) is 41.6 Å². The molecule has 3 saturated heterocycles. The van der Waals surface area contributed by atoms with Crippen LogP contribution in [0.15, 0.2) is 42.9 Å². The zero-order valence-electron chi connectivity index (χ0n) is 36.2. The van der Waals surface area contributed by atoms with E-state index in [9.17, 15) is 34.0 Å². The third-order valence-electron chi connectivity index (χ3n) is 12.8. The number of nitriles is 1. The van der Waals surface area contributed by atoms with Gasteiger partial charge in [0.2, 0.25) is 11.8 Å². The largest absolute Gasteiger partial charge is 0.444 e. The van der Waals surface area contributed by atoms with Crippen LogP contribution in [-0.2, 0) is 14.3 Å². The molecule has 6 amide bonds. The number of imide groups is 2. The van der Waals surface area contributed by atoms with Gasteiger partial charge in [0.05, 0.1) is 35.2 Å². The molecule has 0 bridgehead atoms. The molecule has 1 atom stereocenters. The van der Waals surface area contributed by atoms with Crippen molar-refractivity contribution in [1.82, 2.24) is 44.4 Å². The Morgan fingerprint density at radius 2 is 1.62 bits per heavy atom. The first-order chi connectivity index (χ1) is 30.7. The minimum absolute atomic E-state index is 0.0747. The van der Waals surface area contributed by atoms with Crippen LogP contribution in [0.2, 0.25) is 0 Å². The molecule has 9 rings (SSSR count). The molecule has 1 aromatic carbocycles. The van der Waals surface area contributed by atoms with Gasteiger partial charge in [-0.25, -0.2) is 14.3 Å². The Labute approximate surface area is 369 Å². The number of carbonyl (C=O) groups is 6. The second-order valence-corrected chi connectivity index (χ2v) is 18.1. The van der Waals surface area contributed by atoms with Crippen LogP contribution in [0, 0.1) is 17.2 Å². The highest BCUT2D eigenvalue weighted by Gasteiger charge is 2.45. The van der Waals surface area contributed by atoms with E-state index in [1.54, 1.807) is 29.4 Å². The Balaban J connectivity index is 0.759. The van der Waals surface area contributed by atoms with Crippen LogP contribution in [0.25, 0.3) is 5.65 Å². The van der Waals surface area contributed by atoms with Crippen molar-refractivity contribution >= 4 is 58.5 Å². The van der Waals surface area contributed by atoms with Crippen molar-refractivity contribution in [2.45, 2.75) is 77.0 Å². The van der Waals surface area contributed by atoms with E-state index in [0.29, 0.717) is 49.2 Å². The number of hydrogen-bond acceptors (Lipinski definition) is 14. The summed E-state index contributed by atoms with van der Waals surface area (Å²) < 4.78 is 8.87. The maximum atomic E-state index is 13.7. The average Bonchev–Trinajstić information content (AvgIpc) is 3.97. The number of benzene rings is 1. The third-order valence-corrected chi connectivity index (χ3v) is 12.8. The van der Waals surface area contributed by atoms with Gasteiger partial charge in [0.15, 0.2) is 11.3 Å². The van der Waals surface area contributed by atoms with Crippen LogP contribution in [0.4, 0.5) is 22.0 Å². The van der Waals surface area contributed by atoms with Crippen molar-refractivity contribution in [3.8, 4) is 6.07 Å². The Kier molecular flexibility index (Phi) is 11.3. The summed E-state index contributed by atoms with van der Waals surface area (Å²) in [7, 11) is 0. The van der Waals surface area contributed by atoms with Crippen molar-refractivity contribution in [1.29, 1.82) is 5.26 Å². The number of piperidine rings is 1. The number of nitrogens with one attached hydrogen (secondary N) is 2. The van der Waals surface area contributed by atoms with E-state index in [0.717, 1.165) is 69.0 Å². The summed E-state index contributed by atoms with van der Waals surface area (Å²) in [5, 5.41) is 24.0. The summed E-state index contributed by atoms with van der Waals surface area (Å²) in [6.45, 7) is 11.7. The highest BCUT2D eigenvalue weighted by molar-refractivity contribution is 6.23. The van der Waals surface area contributed by atoms with Gasteiger partial charge in [-0.2, -0.15) is 15.5 Å². The number of carbonyl (C=O) groups excluding carboxylic acids is 6. The van der Waals surface area contributed by atoms with Gasteiger partial charge in [0, 0.05) is 77.2 Å². The molecule has 4 aliphatic heterocycles. The molecule has 20 heteroatoms. The summed E-state index contributed by atoms with van der Waals surface area (Å²) >= 11 is 0. The van der Waals surface area contributed by atoms with Crippen molar-refractivity contribution in [3.05, 3.63) is 65.2 Å². The Bertz CT molecular complexity index is 2570. The van der Waals surface area contributed by atoms with E-state index in [1.165, 1.54) is 10.7 Å². The van der Waals surface area contributed by atoms with Gasteiger partial charge in [-0.3, -0.25) is 43.8 Å². The van der Waals surface area contributed by atoms with Crippen LogP contribution in [0.3, 0.4) is 0 Å². The molecule has 20 nitrogen and oxygen atoms in total. The quantitative estimate of drug-likeness (QED) is 0.243. The Hall–Kier alpha value is -6.88. The summed E-state index contributed by atoms with van der Waals surface area (Å²) in [4.78, 5) is 91.1. The highest BCUT2D eigenvalue weighted by atomic mass is 16.6. The molecule has 0 radical (unpaired) electrons. The van der Waals surface area contributed by atoms with Crippen LogP contribution >= 0.6 is 0 Å². The first-order valence-electron chi connectivity index (χ1n) is 21.9. The second-order valence-electron chi connectivity index (χ2n) is 18.1. The zero-order valence-corrected chi connectivity index (χ0v) is 36.2. The third kappa shape index (κ3) is 8.46. The van der Waals surface area contributed by atoms with Crippen molar-refractivity contribution in [2.75, 3.05) is 74.0 Å². The fourth-order valence-electron chi connectivity index (χ4n) is 9.38. The minimum Gasteiger partial charge on any atom is -0.444 e. The lowest BCUT2D eigenvalue weighted by molar-refractivity contribution is -0.136. The number of rotatable bonds is 8. The predicted octanol–water partition coefficient (Wildman–Crippen LogP) is 3.06. The number of hydrogen-bond donors (Lipinski definition) is 2. The smallest absolute Gasteiger partial charge is 0.410 e. The molecule has 4 aromatic rings. The number of anilines is 3. The second kappa shape index (κ2) is 17.0. The molecule has 1 unspecified atom stereocenters. The zero-order chi connectivity index (χ0) is 44.9. The SMILES string of the molecule is CC(C)(C)OC(=O)N1CCN(c2ccn3ncc(C(=O)Nc4cn(C5CCC(CN6CCN(c7ccc8c(c7)C(=O)N(C7CCC(=O)NC7=O)C8=O)CC6)CC5)nc4C#N)c3n2)CC1. The number of aromatic nitrogens is 5. The molecule has 7 heterocycles. The van der Waals surface area contributed by atoms with Gasteiger partial charge in [-0.1, -0.05) is 0 Å². The van der Waals surface area contributed by atoms with Crippen LogP contribution in [0.5, 0.6) is 0 Å². The number of piperazine rings is 2. The molecule has 64 heavy (non-hydrogen) atoms. The summed E-state index contributed by atoms with van der Waals surface area (Å²) in [6.07, 6.45) is 8.54. The van der Waals surface area contributed by atoms with Crippen LogP contribution in [-0.4, -0.2) is 145 Å². The molecule has 334 valence electrons. The van der Waals surface area contributed by atoms with Gasteiger partial charge in [0.1, 0.15) is 29.1 Å². The number of fused-ring (bicyclic) bond motifs is 2. The van der Waals surface area contributed by atoms with E-state index >= 15 is 0 Å². The lowest BCUT2D eigenvalue weighted by atomic mass is 9.85. The van der Waals surface area contributed by atoms with Crippen molar-refractivity contribution in [3.63, 3.8) is 0 Å². The maximum Gasteiger partial charge on any atom is 0.410 e. The monoisotopic (exact) mass is 873 g/mol. The van der Waals surface area contributed by atoms with Gasteiger partial charge < -0.3 is 24.8 Å². The van der Waals surface area contributed by atoms with Crippen LogP contribution in [0.1, 0.15) is 102 Å². The number of amides is 6. The van der Waals surface area contributed by atoms with E-state index < -0.39 is 41.2 Å². The van der Waals surface area contributed by atoms with Gasteiger partial charge in [-0.05, 0) is 83.1 Å². The van der Waals surface area contributed by atoms with Crippen molar-refractivity contribution in [2.24, 2.45) is 5.92 Å². The molecular formula is C44H51N13O7. The van der Waals surface area contributed by atoms with E-state index in [4.69, 9.17) is 9.72 Å². The lowest BCUT2D eigenvalue weighted by Crippen LogP contribution is -2.54. The van der Waals surface area contributed by atoms with Gasteiger partial charge in [0.25, 0.3) is 17.7 Å².